The van der Waals surface area contributed by atoms with E-state index in [0.29, 0.717) is 28.6 Å². The number of amides is 1. The number of carbonyl (C=O) groups excluding carboxylic acids is 2. The summed E-state index contributed by atoms with van der Waals surface area (Å²) < 4.78 is 11.1. The summed E-state index contributed by atoms with van der Waals surface area (Å²) in [6, 6.07) is 22.3. The van der Waals surface area contributed by atoms with E-state index in [-0.39, 0.29) is 18.9 Å². The van der Waals surface area contributed by atoms with E-state index in [1.165, 1.54) is 4.90 Å². The third kappa shape index (κ3) is 5.14. The number of hydrogen-bond acceptors (Lipinski definition) is 6. The molecule has 1 amide bonds. The number of anilines is 1. The molecule has 2 heterocycles. The number of ether oxygens (including phenoxy) is 1. The van der Waals surface area contributed by atoms with Gasteiger partial charge >= 0.3 is 5.97 Å². The van der Waals surface area contributed by atoms with Crippen LogP contribution in [0.2, 0.25) is 0 Å². The number of nitriles is 1. The molecule has 4 aromatic rings. The first-order chi connectivity index (χ1) is 18.2. The Morgan fingerprint density at radius 3 is 2.65 bits per heavy atom. The largest absolute Gasteiger partial charge is 0.465 e. The van der Waals surface area contributed by atoms with Crippen LogP contribution in [0.5, 0.6) is 0 Å². The number of rotatable bonds is 7. The minimum Gasteiger partial charge on any atom is -0.465 e. The van der Waals surface area contributed by atoms with Gasteiger partial charge in [0, 0.05) is 17.6 Å². The van der Waals surface area contributed by atoms with Crippen LogP contribution in [0, 0.1) is 11.3 Å². The molecular weight excluding hydrogens is 466 g/mol. The summed E-state index contributed by atoms with van der Waals surface area (Å²) in [6.45, 7) is -0.217. The molecule has 2 aromatic heterocycles. The maximum Gasteiger partial charge on any atom is 0.339 e. The van der Waals surface area contributed by atoms with Crippen LogP contribution in [0.15, 0.2) is 77.4 Å². The van der Waals surface area contributed by atoms with Crippen LogP contribution in [0.3, 0.4) is 0 Å². The lowest BCUT2D eigenvalue weighted by molar-refractivity contribution is -0.121. The van der Waals surface area contributed by atoms with Crippen molar-refractivity contribution in [1.29, 1.82) is 5.26 Å². The van der Waals surface area contributed by atoms with Crippen molar-refractivity contribution in [3.05, 3.63) is 95.6 Å². The van der Waals surface area contributed by atoms with Gasteiger partial charge in [-0.3, -0.25) is 4.79 Å². The number of aromatic nitrogens is 1. The predicted octanol–water partition coefficient (Wildman–Crippen LogP) is 5.81. The fourth-order valence-corrected chi connectivity index (χ4v) is 4.70. The zero-order valence-electron chi connectivity index (χ0n) is 20.2. The van der Waals surface area contributed by atoms with E-state index < -0.39 is 12.6 Å². The zero-order chi connectivity index (χ0) is 25.6. The SMILES string of the molecule is N#CCCN(C(=O)COC(=O)c1c2c(nc3ccccc13)C(=Cc1ccco1)CCC2)c1ccccc1. The average Bonchev–Trinajstić information content (AvgIpc) is 3.45. The molecule has 1 aliphatic carbocycles. The molecule has 1 aliphatic rings. The summed E-state index contributed by atoms with van der Waals surface area (Å²) in [6.07, 6.45) is 6.11. The van der Waals surface area contributed by atoms with Gasteiger partial charge in [-0.05, 0) is 66.8 Å². The Hall–Kier alpha value is -4.70. The van der Waals surface area contributed by atoms with Gasteiger partial charge in [0.05, 0.1) is 35.5 Å². The van der Waals surface area contributed by atoms with E-state index in [9.17, 15) is 9.59 Å². The van der Waals surface area contributed by atoms with Crippen molar-refractivity contribution in [2.75, 3.05) is 18.1 Å². The normalized spacial score (nSPS) is 13.6. The monoisotopic (exact) mass is 491 g/mol. The highest BCUT2D eigenvalue weighted by atomic mass is 16.5. The van der Waals surface area contributed by atoms with Gasteiger partial charge < -0.3 is 14.1 Å². The molecule has 7 nitrogen and oxygen atoms in total. The van der Waals surface area contributed by atoms with Crippen molar-refractivity contribution in [3.63, 3.8) is 0 Å². The van der Waals surface area contributed by atoms with Crippen molar-refractivity contribution in [1.82, 2.24) is 4.98 Å². The average molecular weight is 492 g/mol. The van der Waals surface area contributed by atoms with E-state index in [1.54, 1.807) is 18.4 Å². The van der Waals surface area contributed by atoms with Crippen molar-refractivity contribution in [2.24, 2.45) is 0 Å². The van der Waals surface area contributed by atoms with Crippen molar-refractivity contribution < 1.29 is 18.7 Å². The maximum atomic E-state index is 13.5. The summed E-state index contributed by atoms with van der Waals surface area (Å²) in [7, 11) is 0. The molecule has 0 unspecified atom stereocenters. The van der Waals surface area contributed by atoms with Crippen LogP contribution in [-0.2, 0) is 16.0 Å². The van der Waals surface area contributed by atoms with Crippen molar-refractivity contribution in [2.45, 2.75) is 25.7 Å². The Balaban J connectivity index is 1.46. The van der Waals surface area contributed by atoms with E-state index in [2.05, 4.69) is 6.07 Å². The summed E-state index contributed by atoms with van der Waals surface area (Å²) in [5.74, 6) is -0.220. The molecule has 37 heavy (non-hydrogen) atoms. The van der Waals surface area contributed by atoms with Crippen LogP contribution in [0.1, 0.15) is 46.6 Å². The van der Waals surface area contributed by atoms with Crippen LogP contribution in [0.25, 0.3) is 22.6 Å². The van der Waals surface area contributed by atoms with Gasteiger partial charge in [0.25, 0.3) is 5.91 Å². The van der Waals surface area contributed by atoms with Crippen molar-refractivity contribution in [3.8, 4) is 6.07 Å². The smallest absolute Gasteiger partial charge is 0.339 e. The van der Waals surface area contributed by atoms with Gasteiger partial charge in [-0.25, -0.2) is 9.78 Å². The molecule has 2 aromatic carbocycles. The maximum absolute atomic E-state index is 13.5. The summed E-state index contributed by atoms with van der Waals surface area (Å²) in [4.78, 5) is 33.0. The molecule has 0 atom stereocenters. The fourth-order valence-electron chi connectivity index (χ4n) is 4.70. The highest BCUT2D eigenvalue weighted by Gasteiger charge is 2.27. The molecule has 0 bridgehead atoms. The van der Waals surface area contributed by atoms with E-state index in [0.717, 1.165) is 35.4 Å². The number of fused-ring (bicyclic) bond motifs is 2. The Kier molecular flexibility index (Phi) is 7.09. The Morgan fingerprint density at radius 1 is 1.05 bits per heavy atom. The van der Waals surface area contributed by atoms with E-state index >= 15 is 0 Å². The first kappa shape index (κ1) is 24.0. The summed E-state index contributed by atoms with van der Waals surface area (Å²) >= 11 is 0. The lowest BCUT2D eigenvalue weighted by Gasteiger charge is -2.23. The molecule has 0 saturated heterocycles. The van der Waals surface area contributed by atoms with Gasteiger partial charge in [0.1, 0.15) is 5.76 Å². The highest BCUT2D eigenvalue weighted by molar-refractivity contribution is 6.07. The number of benzene rings is 2. The standard InChI is InChI=1S/C30H25N3O4/c31-16-8-17-33(22-10-2-1-3-11-22)27(34)20-37-30(35)28-24-13-4-5-15-26(24)32-29-21(9-6-14-25(28)29)19-23-12-7-18-36-23/h1-5,7,10-13,15,18-19H,6,8-9,14,17,20H2. The van der Waals surface area contributed by atoms with Crippen molar-refractivity contribution >= 4 is 40.1 Å². The van der Waals surface area contributed by atoms with Crippen LogP contribution < -0.4 is 4.90 Å². The number of furan rings is 1. The second-order valence-electron chi connectivity index (χ2n) is 8.73. The third-order valence-corrected chi connectivity index (χ3v) is 6.38. The second kappa shape index (κ2) is 10.9. The first-order valence-corrected chi connectivity index (χ1v) is 12.2. The minimum atomic E-state index is -0.559. The topological polar surface area (TPSA) is 96.4 Å². The first-order valence-electron chi connectivity index (χ1n) is 12.2. The number of para-hydroxylation sites is 2. The highest BCUT2D eigenvalue weighted by Crippen LogP contribution is 2.36. The Bertz CT molecular complexity index is 1500. The van der Waals surface area contributed by atoms with Crippen LogP contribution in [-0.4, -0.2) is 30.0 Å². The number of allylic oxidation sites excluding steroid dienone is 1. The Labute approximate surface area is 214 Å². The molecular formula is C30H25N3O4. The number of pyridine rings is 1. The Morgan fingerprint density at radius 2 is 1.86 bits per heavy atom. The molecule has 0 radical (unpaired) electrons. The molecule has 184 valence electrons. The quantitative estimate of drug-likeness (QED) is 0.303. The number of esters is 1. The van der Waals surface area contributed by atoms with Gasteiger partial charge in [0.2, 0.25) is 0 Å². The zero-order valence-corrected chi connectivity index (χ0v) is 20.2. The van der Waals surface area contributed by atoms with E-state index in [4.69, 9.17) is 19.4 Å². The van der Waals surface area contributed by atoms with Gasteiger partial charge in [0.15, 0.2) is 6.61 Å². The molecule has 5 rings (SSSR count). The third-order valence-electron chi connectivity index (χ3n) is 6.38. The second-order valence-corrected chi connectivity index (χ2v) is 8.73. The molecule has 0 aliphatic heterocycles. The van der Waals surface area contributed by atoms with Gasteiger partial charge in [-0.15, -0.1) is 0 Å². The lowest BCUT2D eigenvalue weighted by Crippen LogP contribution is -2.35. The molecule has 0 saturated carbocycles. The van der Waals surface area contributed by atoms with Gasteiger partial charge in [-0.2, -0.15) is 5.26 Å². The minimum absolute atomic E-state index is 0.169. The molecule has 0 fully saturated rings. The van der Waals surface area contributed by atoms with Crippen LogP contribution in [0.4, 0.5) is 5.69 Å². The number of hydrogen-bond donors (Lipinski definition) is 0. The number of nitrogens with zero attached hydrogens (tertiary/aromatic N) is 3. The van der Waals surface area contributed by atoms with E-state index in [1.807, 2.05) is 60.7 Å². The molecule has 0 spiro atoms. The summed E-state index contributed by atoms with van der Waals surface area (Å²) in [5, 5.41) is 9.73. The van der Waals surface area contributed by atoms with Gasteiger partial charge in [-0.1, -0.05) is 36.4 Å². The predicted molar refractivity (Wildman–Crippen MR) is 141 cm³/mol. The lowest BCUT2D eigenvalue weighted by atomic mass is 9.86. The molecule has 7 heteroatoms. The summed E-state index contributed by atoms with van der Waals surface area (Å²) in [5.41, 5.74) is 4.37. The van der Waals surface area contributed by atoms with Crippen LogP contribution >= 0.6 is 0 Å². The molecule has 0 N–H and O–H groups in total. The fraction of sp³-hybridized carbons (Fsp3) is 0.200. The number of carbonyl (C=O) groups is 2.